The Kier molecular flexibility index (Phi) is 9.02. The Balaban J connectivity index is 2.23. The molecule has 1 unspecified atom stereocenters. The lowest BCUT2D eigenvalue weighted by Gasteiger charge is -2.25. The summed E-state index contributed by atoms with van der Waals surface area (Å²) in [6.45, 7) is 3.46. The molecule has 34 heavy (non-hydrogen) atoms. The molecule has 3 amide bonds. The highest BCUT2D eigenvalue weighted by atomic mass is 19.4. The number of esters is 1. The number of nitrogens with one attached hydrogen (secondary N) is 3. The Morgan fingerprint density at radius 1 is 1.29 bits per heavy atom. The standard InChI is InChI=1S/C22H28F3N3O6/c1-11-4-5-15(27-17(29)6-7-22(23,24)25)14(8-11)20(32)28-16(18(30)21(33)34-3)10-13-9-12(2)26-19(13)31/h4-5,8,12-13,16,18,30H,6-7,9-10H2,1-3H3,(H,26,31)(H,27,29)(H,28,32)/t12-,13+,16+,18?/m1/s1. The molecule has 1 saturated heterocycles. The fourth-order valence-corrected chi connectivity index (χ4v) is 3.68. The van der Waals surface area contributed by atoms with Crippen LogP contribution < -0.4 is 16.0 Å². The summed E-state index contributed by atoms with van der Waals surface area (Å²) in [7, 11) is 1.06. The van der Waals surface area contributed by atoms with Gasteiger partial charge in [0, 0.05) is 18.4 Å². The average Bonchev–Trinajstić information content (AvgIpc) is 3.07. The summed E-state index contributed by atoms with van der Waals surface area (Å²) in [5, 5.41) is 17.9. The molecule has 1 fully saturated rings. The normalized spacial score (nSPS) is 19.7. The van der Waals surface area contributed by atoms with Crippen molar-refractivity contribution in [3.8, 4) is 0 Å². The maximum atomic E-state index is 13.1. The van der Waals surface area contributed by atoms with Gasteiger partial charge in [0.25, 0.3) is 5.91 Å². The lowest BCUT2D eigenvalue weighted by molar-refractivity contribution is -0.152. The van der Waals surface area contributed by atoms with E-state index in [0.717, 1.165) is 7.11 Å². The quantitative estimate of drug-likeness (QED) is 0.393. The van der Waals surface area contributed by atoms with Gasteiger partial charge in [-0.05, 0) is 38.8 Å². The largest absolute Gasteiger partial charge is 0.467 e. The topological polar surface area (TPSA) is 134 Å². The highest BCUT2D eigenvalue weighted by molar-refractivity contribution is 6.04. The summed E-state index contributed by atoms with van der Waals surface area (Å²) >= 11 is 0. The van der Waals surface area contributed by atoms with Gasteiger partial charge in [-0.2, -0.15) is 13.2 Å². The predicted octanol–water partition coefficient (Wildman–Crippen LogP) is 1.82. The number of alkyl halides is 3. The number of benzene rings is 1. The summed E-state index contributed by atoms with van der Waals surface area (Å²) < 4.78 is 41.8. The van der Waals surface area contributed by atoms with Crippen LogP contribution in [0.1, 0.15) is 48.5 Å². The fraction of sp³-hybridized carbons (Fsp3) is 0.545. The zero-order valence-electron chi connectivity index (χ0n) is 19.0. The summed E-state index contributed by atoms with van der Waals surface area (Å²) in [4.78, 5) is 49.1. The Hall–Kier alpha value is -3.15. The molecule has 1 heterocycles. The van der Waals surface area contributed by atoms with E-state index in [0.29, 0.717) is 12.0 Å². The lowest BCUT2D eigenvalue weighted by atomic mass is 9.93. The van der Waals surface area contributed by atoms with E-state index in [-0.39, 0.29) is 29.6 Å². The van der Waals surface area contributed by atoms with Crippen LogP contribution in [0, 0.1) is 12.8 Å². The van der Waals surface area contributed by atoms with Crippen LogP contribution in [-0.4, -0.2) is 60.3 Å². The van der Waals surface area contributed by atoms with Gasteiger partial charge in [-0.25, -0.2) is 4.79 Å². The lowest BCUT2D eigenvalue weighted by Crippen LogP contribution is -2.49. The van der Waals surface area contributed by atoms with Crippen LogP contribution in [0.4, 0.5) is 18.9 Å². The number of ether oxygens (including phenoxy) is 1. The molecule has 0 saturated carbocycles. The van der Waals surface area contributed by atoms with Crippen molar-refractivity contribution >= 4 is 29.4 Å². The molecule has 188 valence electrons. The average molecular weight is 487 g/mol. The molecule has 0 bridgehead atoms. The number of aliphatic hydroxyl groups is 1. The van der Waals surface area contributed by atoms with Gasteiger partial charge in [-0.15, -0.1) is 0 Å². The molecule has 4 N–H and O–H groups in total. The maximum Gasteiger partial charge on any atom is 0.389 e. The second-order valence-corrected chi connectivity index (χ2v) is 8.34. The maximum absolute atomic E-state index is 13.1. The summed E-state index contributed by atoms with van der Waals surface area (Å²) in [5.41, 5.74) is 0.507. The number of amides is 3. The monoisotopic (exact) mass is 487 g/mol. The number of carbonyl (C=O) groups is 4. The minimum Gasteiger partial charge on any atom is -0.467 e. The molecular formula is C22H28F3N3O6. The third-order valence-electron chi connectivity index (χ3n) is 5.41. The first kappa shape index (κ1) is 27.1. The molecule has 0 aliphatic carbocycles. The van der Waals surface area contributed by atoms with Gasteiger partial charge >= 0.3 is 12.1 Å². The molecule has 1 aliphatic rings. The van der Waals surface area contributed by atoms with E-state index in [1.165, 1.54) is 12.1 Å². The van der Waals surface area contributed by atoms with Crippen molar-refractivity contribution in [2.75, 3.05) is 12.4 Å². The van der Waals surface area contributed by atoms with Crippen LogP contribution in [0.3, 0.4) is 0 Å². The van der Waals surface area contributed by atoms with Crippen molar-refractivity contribution in [3.05, 3.63) is 29.3 Å². The summed E-state index contributed by atoms with van der Waals surface area (Å²) in [5.74, 6) is -3.59. The molecule has 0 spiro atoms. The third kappa shape index (κ3) is 7.72. The van der Waals surface area contributed by atoms with Crippen LogP contribution in [0.5, 0.6) is 0 Å². The first-order valence-electron chi connectivity index (χ1n) is 10.6. The van der Waals surface area contributed by atoms with Gasteiger partial charge in [0.1, 0.15) is 0 Å². The number of rotatable bonds is 9. The Labute approximate surface area is 194 Å². The predicted molar refractivity (Wildman–Crippen MR) is 115 cm³/mol. The minimum absolute atomic E-state index is 0.0335. The van der Waals surface area contributed by atoms with E-state index in [9.17, 15) is 37.5 Å². The van der Waals surface area contributed by atoms with E-state index in [2.05, 4.69) is 20.7 Å². The summed E-state index contributed by atoms with van der Waals surface area (Å²) in [6.07, 6.45) is -8.04. The Morgan fingerprint density at radius 2 is 1.97 bits per heavy atom. The first-order valence-corrected chi connectivity index (χ1v) is 10.6. The number of anilines is 1. The van der Waals surface area contributed by atoms with Crippen molar-refractivity contribution in [2.45, 2.75) is 63.9 Å². The number of carbonyl (C=O) groups excluding carboxylic acids is 4. The number of hydrogen-bond donors (Lipinski definition) is 4. The Bertz CT molecular complexity index is 937. The second-order valence-electron chi connectivity index (χ2n) is 8.34. The van der Waals surface area contributed by atoms with Gasteiger partial charge in [0.15, 0.2) is 6.10 Å². The van der Waals surface area contributed by atoms with Gasteiger partial charge < -0.3 is 25.8 Å². The summed E-state index contributed by atoms with van der Waals surface area (Å²) in [6, 6.07) is 3.02. The fourth-order valence-electron chi connectivity index (χ4n) is 3.68. The molecule has 0 radical (unpaired) electrons. The molecule has 9 nitrogen and oxygen atoms in total. The highest BCUT2D eigenvalue weighted by Crippen LogP contribution is 2.25. The number of aliphatic hydroxyl groups excluding tert-OH is 1. The second kappa shape index (κ2) is 11.3. The van der Waals surface area contributed by atoms with Crippen molar-refractivity contribution in [3.63, 3.8) is 0 Å². The van der Waals surface area contributed by atoms with Crippen molar-refractivity contribution in [2.24, 2.45) is 5.92 Å². The van der Waals surface area contributed by atoms with Crippen LogP contribution >= 0.6 is 0 Å². The number of aryl methyl sites for hydroxylation is 1. The molecule has 1 aromatic carbocycles. The number of halogens is 3. The van der Waals surface area contributed by atoms with Crippen LogP contribution in [0.25, 0.3) is 0 Å². The minimum atomic E-state index is -4.51. The number of hydrogen-bond acceptors (Lipinski definition) is 6. The van der Waals surface area contributed by atoms with Crippen LogP contribution in [-0.2, 0) is 19.1 Å². The van der Waals surface area contributed by atoms with Gasteiger partial charge in [0.05, 0.1) is 30.8 Å². The van der Waals surface area contributed by atoms with Crippen LogP contribution in [0.15, 0.2) is 18.2 Å². The molecule has 12 heteroatoms. The first-order chi connectivity index (χ1) is 15.8. The van der Waals surface area contributed by atoms with E-state index < -0.39 is 54.9 Å². The molecular weight excluding hydrogens is 459 g/mol. The Morgan fingerprint density at radius 3 is 2.53 bits per heavy atom. The van der Waals surface area contributed by atoms with Crippen molar-refractivity contribution in [1.29, 1.82) is 0 Å². The molecule has 1 aliphatic heterocycles. The van der Waals surface area contributed by atoms with E-state index in [1.807, 2.05) is 0 Å². The van der Waals surface area contributed by atoms with E-state index in [1.54, 1.807) is 19.9 Å². The molecule has 4 atom stereocenters. The highest BCUT2D eigenvalue weighted by Gasteiger charge is 2.37. The molecule has 1 aromatic rings. The smallest absolute Gasteiger partial charge is 0.389 e. The van der Waals surface area contributed by atoms with E-state index in [4.69, 9.17) is 0 Å². The SMILES string of the molecule is COC(=O)C(O)[C@H](C[C@@H]1C[C@@H](C)NC1=O)NC(=O)c1cc(C)ccc1NC(=O)CCC(F)(F)F. The molecule has 2 rings (SSSR count). The number of methoxy groups -OCH3 is 1. The van der Waals surface area contributed by atoms with E-state index >= 15 is 0 Å². The van der Waals surface area contributed by atoms with Crippen molar-refractivity contribution in [1.82, 2.24) is 10.6 Å². The third-order valence-corrected chi connectivity index (χ3v) is 5.41. The molecule has 0 aromatic heterocycles. The van der Waals surface area contributed by atoms with Crippen molar-refractivity contribution < 1.29 is 42.2 Å². The van der Waals surface area contributed by atoms with Crippen LogP contribution in [0.2, 0.25) is 0 Å². The van der Waals surface area contributed by atoms with Gasteiger partial charge in [-0.1, -0.05) is 11.6 Å². The zero-order chi connectivity index (χ0) is 25.6. The van der Waals surface area contributed by atoms with Gasteiger partial charge in [-0.3, -0.25) is 14.4 Å². The zero-order valence-corrected chi connectivity index (χ0v) is 19.0. The van der Waals surface area contributed by atoms with Gasteiger partial charge in [0.2, 0.25) is 11.8 Å².